The highest BCUT2D eigenvalue weighted by atomic mass is 35.5. The van der Waals surface area contributed by atoms with Crippen LogP contribution in [0.4, 0.5) is 11.4 Å². The van der Waals surface area contributed by atoms with Gasteiger partial charge in [-0.3, -0.25) is 0 Å². The summed E-state index contributed by atoms with van der Waals surface area (Å²) in [4.78, 5) is 3.88. The van der Waals surface area contributed by atoms with Crippen LogP contribution in [-0.4, -0.2) is 28.2 Å². The molecular weight excluding hydrogens is 219 g/mol. The number of anilines is 2. The van der Waals surface area contributed by atoms with E-state index in [0.717, 1.165) is 11.4 Å². The number of halogens is 2. The number of hydrogen-bond donors (Lipinski definition) is 0. The van der Waals surface area contributed by atoms with E-state index in [1.165, 1.54) is 0 Å². The van der Waals surface area contributed by atoms with Gasteiger partial charge in [-0.15, -0.1) is 0 Å². The first kappa shape index (κ1) is 11.5. The van der Waals surface area contributed by atoms with Crippen LogP contribution in [0, 0.1) is 0 Å². The zero-order valence-electron chi connectivity index (χ0n) is 8.81. The van der Waals surface area contributed by atoms with Crippen LogP contribution in [0.5, 0.6) is 0 Å². The fourth-order valence-corrected chi connectivity index (χ4v) is 2.05. The summed E-state index contributed by atoms with van der Waals surface area (Å²) in [5.41, 5.74) is 1.87. The Morgan fingerprint density at radius 1 is 0.857 bits per heavy atom. The molecule has 0 saturated heterocycles. The summed E-state index contributed by atoms with van der Waals surface area (Å²) in [6.45, 7) is 0. The zero-order valence-corrected chi connectivity index (χ0v) is 10.3. The quantitative estimate of drug-likeness (QED) is 0.774. The minimum atomic E-state index is 0.672. The van der Waals surface area contributed by atoms with Crippen molar-refractivity contribution < 1.29 is 0 Å². The third kappa shape index (κ3) is 2.25. The molecule has 0 fully saturated rings. The Hall–Kier alpha value is -0.600. The van der Waals surface area contributed by atoms with Crippen molar-refractivity contribution in [1.82, 2.24) is 0 Å². The molecule has 0 amide bonds. The average Bonchev–Trinajstić information content (AvgIpc) is 2.01. The van der Waals surface area contributed by atoms with Gasteiger partial charge in [-0.05, 0) is 12.1 Å². The summed E-state index contributed by atoms with van der Waals surface area (Å²) < 4.78 is 0. The van der Waals surface area contributed by atoms with E-state index in [4.69, 9.17) is 23.2 Å². The molecule has 1 aromatic rings. The topological polar surface area (TPSA) is 6.48 Å². The van der Waals surface area contributed by atoms with Crippen molar-refractivity contribution in [3.05, 3.63) is 22.2 Å². The summed E-state index contributed by atoms with van der Waals surface area (Å²) in [6.07, 6.45) is 0. The number of benzene rings is 1. The fraction of sp³-hybridized carbons (Fsp3) is 0.400. The van der Waals surface area contributed by atoms with Gasteiger partial charge < -0.3 is 9.80 Å². The van der Waals surface area contributed by atoms with Gasteiger partial charge >= 0.3 is 0 Å². The van der Waals surface area contributed by atoms with E-state index in [0.29, 0.717) is 10.0 Å². The Kier molecular flexibility index (Phi) is 3.51. The van der Waals surface area contributed by atoms with E-state index in [1.807, 2.05) is 50.1 Å². The first-order chi connectivity index (χ1) is 6.43. The predicted molar refractivity (Wildman–Crippen MR) is 65.1 cm³/mol. The molecule has 0 unspecified atom stereocenters. The lowest BCUT2D eigenvalue weighted by Crippen LogP contribution is -2.12. The van der Waals surface area contributed by atoms with Crippen LogP contribution in [0.25, 0.3) is 0 Å². The molecule has 0 aliphatic heterocycles. The van der Waals surface area contributed by atoms with Crippen LogP contribution in [0.15, 0.2) is 12.1 Å². The van der Waals surface area contributed by atoms with Crippen molar-refractivity contribution >= 4 is 34.6 Å². The van der Waals surface area contributed by atoms with Gasteiger partial charge in [-0.2, -0.15) is 0 Å². The third-order valence-electron chi connectivity index (χ3n) is 1.97. The molecule has 0 heterocycles. The SMILES string of the molecule is CN(C)c1cc(Cl)c(N(C)C)c(Cl)c1. The minimum absolute atomic E-state index is 0.672. The summed E-state index contributed by atoms with van der Waals surface area (Å²) in [5, 5.41) is 1.34. The van der Waals surface area contributed by atoms with Crippen molar-refractivity contribution in [2.45, 2.75) is 0 Å². The smallest absolute Gasteiger partial charge is 0.0741 e. The lowest BCUT2D eigenvalue weighted by atomic mass is 10.2. The molecular formula is C10H14Cl2N2. The maximum absolute atomic E-state index is 6.12. The van der Waals surface area contributed by atoms with Gasteiger partial charge in [0.15, 0.2) is 0 Å². The fourth-order valence-electron chi connectivity index (χ4n) is 1.24. The van der Waals surface area contributed by atoms with Crippen LogP contribution < -0.4 is 9.80 Å². The molecule has 14 heavy (non-hydrogen) atoms. The van der Waals surface area contributed by atoms with Crippen molar-refractivity contribution in [3.8, 4) is 0 Å². The van der Waals surface area contributed by atoms with E-state index in [1.54, 1.807) is 0 Å². The van der Waals surface area contributed by atoms with Gasteiger partial charge in [-0.25, -0.2) is 0 Å². The third-order valence-corrected chi connectivity index (χ3v) is 2.54. The molecule has 78 valence electrons. The lowest BCUT2D eigenvalue weighted by molar-refractivity contribution is 1.11. The van der Waals surface area contributed by atoms with Crippen molar-refractivity contribution in [1.29, 1.82) is 0 Å². The first-order valence-corrected chi connectivity index (χ1v) is 5.02. The van der Waals surface area contributed by atoms with Gasteiger partial charge in [0.25, 0.3) is 0 Å². The molecule has 0 saturated carbocycles. The van der Waals surface area contributed by atoms with Crippen LogP contribution in [0.2, 0.25) is 10.0 Å². The van der Waals surface area contributed by atoms with E-state index < -0.39 is 0 Å². The second-order valence-corrected chi connectivity index (χ2v) is 4.36. The molecule has 0 spiro atoms. The molecule has 1 aromatic carbocycles. The van der Waals surface area contributed by atoms with Crippen LogP contribution >= 0.6 is 23.2 Å². The van der Waals surface area contributed by atoms with Crippen molar-refractivity contribution in [3.63, 3.8) is 0 Å². The van der Waals surface area contributed by atoms with Crippen molar-refractivity contribution in [2.75, 3.05) is 38.0 Å². The Labute approximate surface area is 95.0 Å². The Morgan fingerprint density at radius 3 is 1.57 bits per heavy atom. The molecule has 0 aliphatic carbocycles. The molecule has 0 bridgehead atoms. The largest absolute Gasteiger partial charge is 0.378 e. The van der Waals surface area contributed by atoms with Crippen LogP contribution in [0.1, 0.15) is 0 Å². The van der Waals surface area contributed by atoms with Gasteiger partial charge in [-0.1, -0.05) is 23.2 Å². The van der Waals surface area contributed by atoms with Gasteiger partial charge in [0.2, 0.25) is 0 Å². The summed E-state index contributed by atoms with van der Waals surface area (Å²) >= 11 is 12.2. The average molecular weight is 233 g/mol. The van der Waals surface area contributed by atoms with E-state index in [-0.39, 0.29) is 0 Å². The molecule has 0 radical (unpaired) electrons. The maximum atomic E-state index is 6.12. The molecule has 2 nitrogen and oxygen atoms in total. The molecule has 0 aliphatic rings. The van der Waals surface area contributed by atoms with Gasteiger partial charge in [0, 0.05) is 33.9 Å². The van der Waals surface area contributed by atoms with Crippen molar-refractivity contribution in [2.24, 2.45) is 0 Å². The highest BCUT2D eigenvalue weighted by molar-refractivity contribution is 6.39. The highest BCUT2D eigenvalue weighted by Crippen LogP contribution is 2.36. The minimum Gasteiger partial charge on any atom is -0.378 e. The number of rotatable bonds is 2. The van der Waals surface area contributed by atoms with E-state index in [2.05, 4.69) is 0 Å². The Balaban J connectivity index is 3.25. The molecule has 4 heteroatoms. The number of nitrogens with zero attached hydrogens (tertiary/aromatic N) is 2. The lowest BCUT2D eigenvalue weighted by Gasteiger charge is -2.20. The predicted octanol–water partition coefficient (Wildman–Crippen LogP) is 3.13. The van der Waals surface area contributed by atoms with Gasteiger partial charge in [0.05, 0.1) is 15.7 Å². The molecule has 1 rings (SSSR count). The number of hydrogen-bond acceptors (Lipinski definition) is 2. The second kappa shape index (κ2) is 4.28. The molecule has 0 atom stereocenters. The summed E-state index contributed by atoms with van der Waals surface area (Å²) in [5.74, 6) is 0. The summed E-state index contributed by atoms with van der Waals surface area (Å²) in [7, 11) is 7.75. The second-order valence-electron chi connectivity index (χ2n) is 3.55. The first-order valence-electron chi connectivity index (χ1n) is 4.27. The van der Waals surface area contributed by atoms with Gasteiger partial charge in [0.1, 0.15) is 0 Å². The van der Waals surface area contributed by atoms with E-state index in [9.17, 15) is 0 Å². The monoisotopic (exact) mass is 232 g/mol. The van der Waals surface area contributed by atoms with E-state index >= 15 is 0 Å². The molecule has 0 N–H and O–H groups in total. The zero-order chi connectivity index (χ0) is 10.9. The Bertz CT molecular complexity index is 312. The summed E-state index contributed by atoms with van der Waals surface area (Å²) in [6, 6.07) is 3.81. The Morgan fingerprint density at radius 2 is 1.29 bits per heavy atom. The maximum Gasteiger partial charge on any atom is 0.0741 e. The standard InChI is InChI=1S/C10H14Cl2N2/c1-13(2)7-5-8(11)10(14(3)4)9(12)6-7/h5-6H,1-4H3. The highest BCUT2D eigenvalue weighted by Gasteiger charge is 2.10. The molecule has 0 aromatic heterocycles. The van der Waals surface area contributed by atoms with Crippen LogP contribution in [-0.2, 0) is 0 Å². The normalized spacial score (nSPS) is 10.1. The van der Waals surface area contributed by atoms with Crippen LogP contribution in [0.3, 0.4) is 0 Å².